The first-order chi connectivity index (χ1) is 14.6. The lowest BCUT2D eigenvalue weighted by atomic mass is 10.0. The molecule has 2 heterocycles. The normalized spacial score (nSPS) is 17.5. The number of ether oxygens (including phenoxy) is 1. The predicted octanol–water partition coefficient (Wildman–Crippen LogP) is 4.18. The second-order valence-corrected chi connectivity index (χ2v) is 7.88. The SMILES string of the molecule is O=C1O[C@H](CC(=O)N(Cc2nnc(-c3ccc(Cl)cc3)o2)C2CC2)c2ccccc21. The second kappa shape index (κ2) is 7.57. The van der Waals surface area contributed by atoms with Gasteiger partial charge in [0.1, 0.15) is 6.10 Å². The van der Waals surface area contributed by atoms with Gasteiger partial charge in [-0.25, -0.2) is 4.79 Å². The number of halogens is 1. The fourth-order valence-electron chi connectivity index (χ4n) is 3.63. The molecule has 5 rings (SSSR count). The fraction of sp³-hybridized carbons (Fsp3) is 0.273. The van der Waals surface area contributed by atoms with Crippen molar-refractivity contribution in [2.75, 3.05) is 0 Å². The van der Waals surface area contributed by atoms with Gasteiger partial charge in [0, 0.05) is 22.2 Å². The number of carbonyl (C=O) groups is 2. The zero-order valence-corrected chi connectivity index (χ0v) is 16.7. The summed E-state index contributed by atoms with van der Waals surface area (Å²) in [6, 6.07) is 14.4. The summed E-state index contributed by atoms with van der Waals surface area (Å²) >= 11 is 5.92. The molecule has 1 amide bonds. The highest BCUT2D eigenvalue weighted by Crippen LogP contribution is 2.35. The van der Waals surface area contributed by atoms with Crippen molar-refractivity contribution in [1.29, 1.82) is 0 Å². The Hall–Kier alpha value is -3.19. The van der Waals surface area contributed by atoms with Crippen LogP contribution in [0.15, 0.2) is 52.9 Å². The molecule has 0 bridgehead atoms. The van der Waals surface area contributed by atoms with E-state index >= 15 is 0 Å². The summed E-state index contributed by atoms with van der Waals surface area (Å²) < 4.78 is 11.2. The zero-order valence-electron chi connectivity index (χ0n) is 16.0. The number of aromatic nitrogens is 2. The molecule has 30 heavy (non-hydrogen) atoms. The van der Waals surface area contributed by atoms with E-state index < -0.39 is 6.10 Å². The molecular formula is C22H18ClN3O4. The Morgan fingerprint density at radius 1 is 1.10 bits per heavy atom. The van der Waals surface area contributed by atoms with Crippen LogP contribution in [0.25, 0.3) is 11.5 Å². The van der Waals surface area contributed by atoms with E-state index in [-0.39, 0.29) is 30.9 Å². The molecule has 2 aromatic carbocycles. The van der Waals surface area contributed by atoms with Gasteiger partial charge in [0.25, 0.3) is 0 Å². The summed E-state index contributed by atoms with van der Waals surface area (Å²) in [6.45, 7) is 0.229. The number of nitrogens with zero attached hydrogens (tertiary/aromatic N) is 3. The van der Waals surface area contributed by atoms with E-state index in [0.29, 0.717) is 22.4 Å². The molecule has 0 N–H and O–H groups in total. The highest BCUT2D eigenvalue weighted by molar-refractivity contribution is 6.30. The molecule has 3 aromatic rings. The number of hydrogen-bond donors (Lipinski definition) is 0. The Bertz CT molecular complexity index is 1110. The topological polar surface area (TPSA) is 85.5 Å². The Morgan fingerprint density at radius 3 is 2.63 bits per heavy atom. The molecule has 2 aliphatic rings. The van der Waals surface area contributed by atoms with Gasteiger partial charge in [-0.2, -0.15) is 0 Å². The molecular weight excluding hydrogens is 406 g/mol. The van der Waals surface area contributed by atoms with Crippen molar-refractivity contribution in [3.63, 3.8) is 0 Å². The number of hydrogen-bond acceptors (Lipinski definition) is 6. The van der Waals surface area contributed by atoms with Gasteiger partial charge in [0.2, 0.25) is 17.7 Å². The Morgan fingerprint density at radius 2 is 1.87 bits per heavy atom. The maximum atomic E-state index is 13.0. The minimum absolute atomic E-state index is 0.0947. The summed E-state index contributed by atoms with van der Waals surface area (Å²) in [5.74, 6) is 0.261. The number of carbonyl (C=O) groups excluding carboxylic acids is 2. The maximum absolute atomic E-state index is 13.0. The van der Waals surface area contributed by atoms with Crippen LogP contribution in [-0.4, -0.2) is 33.0 Å². The Balaban J connectivity index is 1.30. The van der Waals surface area contributed by atoms with E-state index in [1.54, 1.807) is 41.3 Å². The zero-order chi connectivity index (χ0) is 20.7. The molecule has 0 radical (unpaired) electrons. The summed E-state index contributed by atoms with van der Waals surface area (Å²) in [4.78, 5) is 26.8. The third-order valence-corrected chi connectivity index (χ3v) is 5.56. The molecule has 7 nitrogen and oxygen atoms in total. The van der Waals surface area contributed by atoms with E-state index in [1.165, 1.54) is 0 Å². The average Bonchev–Trinajstić information content (AvgIpc) is 3.40. The number of fused-ring (bicyclic) bond motifs is 1. The Labute approximate surface area is 177 Å². The molecule has 1 aromatic heterocycles. The van der Waals surface area contributed by atoms with Gasteiger partial charge < -0.3 is 14.1 Å². The first-order valence-electron chi connectivity index (χ1n) is 9.76. The molecule has 1 atom stereocenters. The number of esters is 1. The van der Waals surface area contributed by atoms with Gasteiger partial charge in [-0.05, 0) is 43.2 Å². The molecule has 152 valence electrons. The number of benzene rings is 2. The van der Waals surface area contributed by atoms with Crippen molar-refractivity contribution >= 4 is 23.5 Å². The van der Waals surface area contributed by atoms with Crippen LogP contribution in [0.4, 0.5) is 0 Å². The number of cyclic esters (lactones) is 1. The van der Waals surface area contributed by atoms with Gasteiger partial charge >= 0.3 is 5.97 Å². The summed E-state index contributed by atoms with van der Waals surface area (Å²) in [6.07, 6.45) is 1.41. The number of amides is 1. The van der Waals surface area contributed by atoms with Crippen molar-refractivity contribution < 1.29 is 18.7 Å². The lowest BCUT2D eigenvalue weighted by Crippen LogP contribution is -2.33. The molecule has 8 heteroatoms. The van der Waals surface area contributed by atoms with Crippen LogP contribution in [0.3, 0.4) is 0 Å². The molecule has 1 aliphatic heterocycles. The van der Waals surface area contributed by atoms with E-state index in [9.17, 15) is 9.59 Å². The van der Waals surface area contributed by atoms with Crippen LogP contribution in [0, 0.1) is 0 Å². The molecule has 1 saturated carbocycles. The maximum Gasteiger partial charge on any atom is 0.339 e. The van der Waals surface area contributed by atoms with Crippen molar-refractivity contribution in [2.45, 2.75) is 38.0 Å². The first-order valence-corrected chi connectivity index (χ1v) is 10.1. The first kappa shape index (κ1) is 18.8. The largest absolute Gasteiger partial charge is 0.453 e. The molecule has 0 saturated heterocycles. The minimum atomic E-state index is -0.560. The van der Waals surface area contributed by atoms with Crippen molar-refractivity contribution in [3.05, 3.63) is 70.6 Å². The van der Waals surface area contributed by atoms with E-state index in [0.717, 1.165) is 24.0 Å². The standard InChI is InChI=1S/C22H18ClN3O4/c23-14-7-5-13(6-8-14)21-25-24-19(30-21)12-26(15-9-10-15)20(27)11-18-16-3-1-2-4-17(16)22(28)29-18/h1-8,15,18H,9-12H2/t18-/m1/s1. The van der Waals surface area contributed by atoms with Crippen molar-refractivity contribution in [1.82, 2.24) is 15.1 Å². The van der Waals surface area contributed by atoms with E-state index in [4.69, 9.17) is 20.8 Å². The van der Waals surface area contributed by atoms with E-state index in [2.05, 4.69) is 10.2 Å². The van der Waals surface area contributed by atoms with Gasteiger partial charge in [0.05, 0.1) is 18.5 Å². The van der Waals surface area contributed by atoms with Gasteiger partial charge in [-0.3, -0.25) is 4.79 Å². The fourth-order valence-corrected chi connectivity index (χ4v) is 3.75. The summed E-state index contributed by atoms with van der Waals surface area (Å²) in [7, 11) is 0. The lowest BCUT2D eigenvalue weighted by molar-refractivity contribution is -0.134. The highest BCUT2D eigenvalue weighted by atomic mass is 35.5. The average molecular weight is 424 g/mol. The Kier molecular flexibility index (Phi) is 4.75. The molecule has 0 unspecified atom stereocenters. The minimum Gasteiger partial charge on any atom is -0.453 e. The monoisotopic (exact) mass is 423 g/mol. The molecule has 0 spiro atoms. The van der Waals surface area contributed by atoms with Crippen LogP contribution < -0.4 is 0 Å². The third-order valence-electron chi connectivity index (χ3n) is 5.31. The van der Waals surface area contributed by atoms with E-state index in [1.807, 2.05) is 12.1 Å². The lowest BCUT2D eigenvalue weighted by Gasteiger charge is -2.22. The number of rotatable bonds is 6. The van der Waals surface area contributed by atoms with Gasteiger partial charge in [-0.1, -0.05) is 29.8 Å². The van der Waals surface area contributed by atoms with Gasteiger partial charge in [-0.15, -0.1) is 10.2 Å². The van der Waals surface area contributed by atoms with Crippen molar-refractivity contribution in [2.24, 2.45) is 0 Å². The van der Waals surface area contributed by atoms with Crippen LogP contribution in [0.1, 0.15) is 47.2 Å². The van der Waals surface area contributed by atoms with Crippen molar-refractivity contribution in [3.8, 4) is 11.5 Å². The predicted molar refractivity (Wildman–Crippen MR) is 108 cm³/mol. The van der Waals surface area contributed by atoms with Crippen LogP contribution in [0.2, 0.25) is 5.02 Å². The smallest absolute Gasteiger partial charge is 0.339 e. The summed E-state index contributed by atoms with van der Waals surface area (Å²) in [5, 5.41) is 8.81. The second-order valence-electron chi connectivity index (χ2n) is 7.45. The molecule has 1 fully saturated rings. The molecule has 1 aliphatic carbocycles. The van der Waals surface area contributed by atoms with Crippen LogP contribution >= 0.6 is 11.6 Å². The quantitative estimate of drug-likeness (QED) is 0.553. The van der Waals surface area contributed by atoms with Crippen LogP contribution in [0.5, 0.6) is 0 Å². The summed E-state index contributed by atoms with van der Waals surface area (Å²) in [5.41, 5.74) is 2.05. The highest BCUT2D eigenvalue weighted by Gasteiger charge is 2.38. The van der Waals surface area contributed by atoms with Gasteiger partial charge in [0.15, 0.2) is 0 Å². The van der Waals surface area contributed by atoms with Crippen LogP contribution in [-0.2, 0) is 16.1 Å². The third kappa shape index (κ3) is 3.68.